The van der Waals surface area contributed by atoms with Crippen LogP contribution in [0.2, 0.25) is 0 Å². The fraction of sp³-hybridized carbons (Fsp3) is 0.167. The van der Waals surface area contributed by atoms with Gasteiger partial charge < -0.3 is 5.32 Å². The largest absolute Gasteiger partial charge is 0.350 e. The lowest BCUT2D eigenvalue weighted by molar-refractivity contribution is -0.118. The molecular formula is C18H18N4OS2. The van der Waals surface area contributed by atoms with E-state index in [4.69, 9.17) is 0 Å². The van der Waals surface area contributed by atoms with Gasteiger partial charge in [0.25, 0.3) is 0 Å². The van der Waals surface area contributed by atoms with Crippen LogP contribution in [-0.4, -0.2) is 26.8 Å². The van der Waals surface area contributed by atoms with E-state index in [2.05, 4.69) is 39.6 Å². The van der Waals surface area contributed by atoms with Crippen LogP contribution in [0, 0.1) is 6.92 Å². The van der Waals surface area contributed by atoms with Gasteiger partial charge in [0.1, 0.15) is 5.82 Å². The van der Waals surface area contributed by atoms with Gasteiger partial charge in [0.05, 0.1) is 12.3 Å². The van der Waals surface area contributed by atoms with E-state index in [1.54, 1.807) is 11.3 Å². The second-order valence-electron chi connectivity index (χ2n) is 5.34. The Hall–Kier alpha value is -2.38. The summed E-state index contributed by atoms with van der Waals surface area (Å²) in [4.78, 5) is 17.4. The Bertz CT molecular complexity index is 856. The molecule has 0 saturated heterocycles. The number of aromatic amines is 1. The zero-order chi connectivity index (χ0) is 17.5. The van der Waals surface area contributed by atoms with Crippen molar-refractivity contribution in [2.24, 2.45) is 0 Å². The Balaban J connectivity index is 1.48. The van der Waals surface area contributed by atoms with Gasteiger partial charge in [-0.25, -0.2) is 4.98 Å². The number of aromatic nitrogens is 3. The molecule has 0 aliphatic heterocycles. The quantitative estimate of drug-likeness (QED) is 0.621. The van der Waals surface area contributed by atoms with Crippen molar-refractivity contribution in [1.82, 2.24) is 20.5 Å². The zero-order valence-electron chi connectivity index (χ0n) is 13.7. The third-order valence-electron chi connectivity index (χ3n) is 3.46. The molecule has 1 aromatic carbocycles. The summed E-state index contributed by atoms with van der Waals surface area (Å²) in [5, 5.41) is 12.5. The first-order valence-electron chi connectivity index (χ1n) is 7.79. The number of hydrogen-bond acceptors (Lipinski definition) is 5. The number of rotatable bonds is 7. The molecule has 128 valence electrons. The molecule has 7 heteroatoms. The lowest BCUT2D eigenvalue weighted by Crippen LogP contribution is -2.24. The van der Waals surface area contributed by atoms with E-state index in [-0.39, 0.29) is 5.91 Å². The number of amides is 1. The van der Waals surface area contributed by atoms with Gasteiger partial charge >= 0.3 is 0 Å². The minimum Gasteiger partial charge on any atom is -0.350 e. The van der Waals surface area contributed by atoms with Gasteiger partial charge in [0, 0.05) is 4.88 Å². The Labute approximate surface area is 154 Å². The normalized spacial score (nSPS) is 11.1. The SMILES string of the molecule is Cc1ccccc1C=Cc1nc(SCC(=O)NCc2cccs2)n[nH]1. The van der Waals surface area contributed by atoms with Crippen molar-refractivity contribution in [3.05, 3.63) is 63.6 Å². The van der Waals surface area contributed by atoms with Crippen LogP contribution in [0.4, 0.5) is 0 Å². The van der Waals surface area contributed by atoms with Gasteiger partial charge in [-0.2, -0.15) is 0 Å². The van der Waals surface area contributed by atoms with Gasteiger partial charge in [0.15, 0.2) is 0 Å². The second kappa shape index (κ2) is 8.64. The first-order valence-corrected chi connectivity index (χ1v) is 9.65. The molecule has 3 aromatic rings. The molecule has 0 saturated carbocycles. The average Bonchev–Trinajstić information content (AvgIpc) is 3.29. The third kappa shape index (κ3) is 5.30. The monoisotopic (exact) mass is 370 g/mol. The van der Waals surface area contributed by atoms with E-state index >= 15 is 0 Å². The molecule has 0 aliphatic carbocycles. The van der Waals surface area contributed by atoms with E-state index in [1.165, 1.54) is 17.3 Å². The highest BCUT2D eigenvalue weighted by atomic mass is 32.2. The molecule has 0 atom stereocenters. The smallest absolute Gasteiger partial charge is 0.230 e. The van der Waals surface area contributed by atoms with Crippen molar-refractivity contribution in [1.29, 1.82) is 0 Å². The number of thiophene rings is 1. The van der Waals surface area contributed by atoms with Crippen LogP contribution in [-0.2, 0) is 11.3 Å². The summed E-state index contributed by atoms with van der Waals surface area (Å²) in [5.41, 5.74) is 2.34. The van der Waals surface area contributed by atoms with E-state index in [1.807, 2.05) is 41.8 Å². The number of benzene rings is 1. The summed E-state index contributed by atoms with van der Waals surface area (Å²) in [7, 11) is 0. The molecule has 0 spiro atoms. The molecule has 0 bridgehead atoms. The molecule has 1 amide bonds. The molecule has 3 rings (SSSR count). The predicted molar refractivity (Wildman–Crippen MR) is 103 cm³/mol. The van der Waals surface area contributed by atoms with E-state index in [0.717, 1.165) is 10.4 Å². The van der Waals surface area contributed by atoms with Crippen LogP contribution in [0.3, 0.4) is 0 Å². The van der Waals surface area contributed by atoms with Crippen molar-refractivity contribution in [2.75, 3.05) is 5.75 Å². The van der Waals surface area contributed by atoms with Crippen molar-refractivity contribution < 1.29 is 4.79 Å². The molecule has 2 heterocycles. The molecule has 0 fully saturated rings. The maximum absolute atomic E-state index is 11.9. The summed E-state index contributed by atoms with van der Waals surface area (Å²) in [5.74, 6) is 0.939. The van der Waals surface area contributed by atoms with Gasteiger partial charge in [-0.05, 0) is 35.6 Å². The molecule has 0 aliphatic rings. The van der Waals surface area contributed by atoms with Gasteiger partial charge in [0.2, 0.25) is 11.1 Å². The van der Waals surface area contributed by atoms with Crippen molar-refractivity contribution >= 4 is 41.2 Å². The number of aryl methyl sites for hydroxylation is 1. The maximum atomic E-state index is 11.9. The zero-order valence-corrected chi connectivity index (χ0v) is 15.4. The van der Waals surface area contributed by atoms with Crippen LogP contribution in [0.25, 0.3) is 12.2 Å². The fourth-order valence-electron chi connectivity index (χ4n) is 2.12. The molecule has 0 unspecified atom stereocenters. The van der Waals surface area contributed by atoms with E-state index < -0.39 is 0 Å². The van der Waals surface area contributed by atoms with Gasteiger partial charge in [-0.3, -0.25) is 9.89 Å². The number of carbonyl (C=O) groups excluding carboxylic acids is 1. The summed E-state index contributed by atoms with van der Waals surface area (Å²) in [6.45, 7) is 2.63. The van der Waals surface area contributed by atoms with Crippen molar-refractivity contribution in [3.63, 3.8) is 0 Å². The number of thioether (sulfide) groups is 1. The van der Waals surface area contributed by atoms with Crippen LogP contribution >= 0.6 is 23.1 Å². The number of H-pyrrole nitrogens is 1. The molecule has 25 heavy (non-hydrogen) atoms. The Morgan fingerprint density at radius 1 is 1.28 bits per heavy atom. The van der Waals surface area contributed by atoms with Crippen molar-refractivity contribution in [2.45, 2.75) is 18.6 Å². The van der Waals surface area contributed by atoms with Gasteiger partial charge in [-0.15, -0.1) is 16.4 Å². The highest BCUT2D eigenvalue weighted by Gasteiger charge is 2.07. The van der Waals surface area contributed by atoms with Crippen LogP contribution < -0.4 is 5.32 Å². The molecule has 5 nitrogen and oxygen atoms in total. The maximum Gasteiger partial charge on any atom is 0.230 e. The minimum absolute atomic E-state index is 0.0276. The number of carbonyl (C=O) groups is 1. The van der Waals surface area contributed by atoms with Crippen LogP contribution in [0.15, 0.2) is 46.9 Å². The summed E-state index contributed by atoms with van der Waals surface area (Å²) in [6, 6.07) is 12.1. The topological polar surface area (TPSA) is 70.7 Å². The van der Waals surface area contributed by atoms with Crippen LogP contribution in [0.5, 0.6) is 0 Å². The minimum atomic E-state index is -0.0276. The summed E-state index contributed by atoms with van der Waals surface area (Å²) >= 11 is 2.94. The van der Waals surface area contributed by atoms with Gasteiger partial charge in [-0.1, -0.05) is 48.2 Å². The van der Waals surface area contributed by atoms with E-state index in [0.29, 0.717) is 23.3 Å². The molecule has 2 N–H and O–H groups in total. The number of hydrogen-bond donors (Lipinski definition) is 2. The standard InChI is InChI=1S/C18H18N4OS2/c1-13-5-2-3-6-14(13)8-9-16-20-18(22-21-16)25-12-17(23)19-11-15-7-4-10-24-15/h2-10H,11-12H2,1H3,(H,19,23)(H,20,21,22). The highest BCUT2D eigenvalue weighted by Crippen LogP contribution is 2.15. The second-order valence-corrected chi connectivity index (χ2v) is 7.31. The highest BCUT2D eigenvalue weighted by molar-refractivity contribution is 7.99. The van der Waals surface area contributed by atoms with Crippen molar-refractivity contribution in [3.8, 4) is 0 Å². The first-order chi connectivity index (χ1) is 12.2. The fourth-order valence-corrected chi connectivity index (χ4v) is 3.40. The lowest BCUT2D eigenvalue weighted by atomic mass is 10.1. The molecular weight excluding hydrogens is 352 g/mol. The Kier molecular flexibility index (Phi) is 6.03. The third-order valence-corrected chi connectivity index (χ3v) is 5.19. The summed E-state index contributed by atoms with van der Waals surface area (Å²) in [6.07, 6.45) is 3.88. The lowest BCUT2D eigenvalue weighted by Gasteiger charge is -2.01. The summed E-state index contributed by atoms with van der Waals surface area (Å²) < 4.78 is 0. The average molecular weight is 371 g/mol. The van der Waals surface area contributed by atoms with E-state index in [9.17, 15) is 4.79 Å². The predicted octanol–water partition coefficient (Wildman–Crippen LogP) is 3.75. The molecule has 0 radical (unpaired) electrons. The Morgan fingerprint density at radius 3 is 2.96 bits per heavy atom. The Morgan fingerprint density at radius 2 is 2.16 bits per heavy atom. The first kappa shape index (κ1) is 17.4. The van der Waals surface area contributed by atoms with Crippen LogP contribution in [0.1, 0.15) is 21.8 Å². The number of nitrogens with zero attached hydrogens (tertiary/aromatic N) is 2. The molecule has 2 aromatic heterocycles. The number of nitrogens with one attached hydrogen (secondary N) is 2.